The van der Waals surface area contributed by atoms with Crippen molar-refractivity contribution in [3.63, 3.8) is 0 Å². The normalized spacial score (nSPS) is 10.9. The molecule has 0 N–H and O–H groups in total. The van der Waals surface area contributed by atoms with Gasteiger partial charge >= 0.3 is 5.97 Å². The number of benzene rings is 1. The molecule has 0 atom stereocenters. The van der Waals surface area contributed by atoms with Crippen LogP contribution in [0.25, 0.3) is 0 Å². The molecule has 0 amide bonds. The van der Waals surface area contributed by atoms with Crippen molar-refractivity contribution < 1.29 is 19.1 Å². The number of carbonyl (C=O) groups excluding carboxylic acids is 2. The van der Waals surface area contributed by atoms with Crippen LogP contribution in [-0.4, -0.2) is 18.5 Å². The third kappa shape index (κ3) is 5.12. The molecule has 104 valence electrons. The molecule has 0 aliphatic rings. The van der Waals surface area contributed by atoms with Gasteiger partial charge in [0.25, 0.3) is 0 Å². The summed E-state index contributed by atoms with van der Waals surface area (Å²) in [7, 11) is 0. The van der Waals surface area contributed by atoms with Gasteiger partial charge in [0.1, 0.15) is 11.5 Å². The highest BCUT2D eigenvalue weighted by Gasteiger charge is 2.22. The molecular formula is C15H20O4. The van der Waals surface area contributed by atoms with E-state index < -0.39 is 0 Å². The Balaban J connectivity index is 2.65. The van der Waals surface area contributed by atoms with Gasteiger partial charge in [-0.25, -0.2) is 0 Å². The molecule has 1 aromatic carbocycles. The van der Waals surface area contributed by atoms with Crippen LogP contribution in [0, 0.1) is 0 Å². The fourth-order valence-corrected chi connectivity index (χ4v) is 1.91. The number of hydrogen-bond donors (Lipinski definition) is 0. The SMILES string of the molecule is CC(=O)CC(C)(C)c1ccc(OCOC(C)=O)cc1. The molecule has 0 saturated heterocycles. The zero-order chi connectivity index (χ0) is 14.5. The summed E-state index contributed by atoms with van der Waals surface area (Å²) in [4.78, 5) is 21.8. The number of esters is 1. The molecule has 1 rings (SSSR count). The standard InChI is InChI=1S/C15H20O4/c1-11(16)9-15(3,4)13-5-7-14(8-6-13)19-10-18-12(2)17/h5-8H,9-10H2,1-4H3. The van der Waals surface area contributed by atoms with Crippen LogP contribution in [0.5, 0.6) is 5.75 Å². The van der Waals surface area contributed by atoms with Crippen LogP contribution in [0.15, 0.2) is 24.3 Å². The topological polar surface area (TPSA) is 52.6 Å². The van der Waals surface area contributed by atoms with Crippen molar-refractivity contribution in [1.82, 2.24) is 0 Å². The Bertz CT molecular complexity index is 446. The number of ether oxygens (including phenoxy) is 2. The van der Waals surface area contributed by atoms with E-state index in [1.807, 2.05) is 26.0 Å². The van der Waals surface area contributed by atoms with Gasteiger partial charge in [0.15, 0.2) is 0 Å². The molecule has 0 radical (unpaired) electrons. The van der Waals surface area contributed by atoms with Crippen LogP contribution >= 0.6 is 0 Å². The first kappa shape index (κ1) is 15.2. The largest absolute Gasteiger partial charge is 0.457 e. The van der Waals surface area contributed by atoms with Gasteiger partial charge in [-0.05, 0) is 30.0 Å². The third-order valence-corrected chi connectivity index (χ3v) is 2.81. The zero-order valence-corrected chi connectivity index (χ0v) is 11.9. The van der Waals surface area contributed by atoms with Crippen molar-refractivity contribution in [3.8, 4) is 5.75 Å². The number of carbonyl (C=O) groups is 2. The molecule has 0 aromatic heterocycles. The van der Waals surface area contributed by atoms with Gasteiger partial charge in [-0.15, -0.1) is 0 Å². The van der Waals surface area contributed by atoms with Crippen LogP contribution in [0.3, 0.4) is 0 Å². The van der Waals surface area contributed by atoms with E-state index in [2.05, 4.69) is 0 Å². The Kier molecular flexibility index (Phi) is 5.10. The Hall–Kier alpha value is -1.84. The lowest BCUT2D eigenvalue weighted by Crippen LogP contribution is -2.20. The Labute approximate surface area is 113 Å². The van der Waals surface area contributed by atoms with Crippen molar-refractivity contribution in [1.29, 1.82) is 0 Å². The molecule has 0 bridgehead atoms. The van der Waals surface area contributed by atoms with E-state index >= 15 is 0 Å². The molecule has 1 aromatic rings. The lowest BCUT2D eigenvalue weighted by atomic mass is 9.80. The van der Waals surface area contributed by atoms with Crippen LogP contribution < -0.4 is 4.74 Å². The minimum absolute atomic E-state index is 0.0917. The van der Waals surface area contributed by atoms with Crippen molar-refractivity contribution >= 4 is 11.8 Å². The summed E-state index contributed by atoms with van der Waals surface area (Å²) in [6, 6.07) is 7.46. The predicted octanol–water partition coefficient (Wildman–Crippen LogP) is 2.84. The second-order valence-electron chi connectivity index (χ2n) is 5.19. The number of hydrogen-bond acceptors (Lipinski definition) is 4. The van der Waals surface area contributed by atoms with E-state index in [0.717, 1.165) is 5.56 Å². The number of Topliss-reactive ketones (excluding diaryl/α,β-unsaturated/α-hetero) is 1. The summed E-state index contributed by atoms with van der Waals surface area (Å²) >= 11 is 0. The fourth-order valence-electron chi connectivity index (χ4n) is 1.91. The third-order valence-electron chi connectivity index (χ3n) is 2.81. The molecule has 0 heterocycles. The molecule has 0 saturated carbocycles. The van der Waals surface area contributed by atoms with E-state index in [9.17, 15) is 9.59 Å². The monoisotopic (exact) mass is 264 g/mol. The van der Waals surface area contributed by atoms with E-state index in [1.54, 1.807) is 19.1 Å². The molecule has 0 aliphatic heterocycles. The molecule has 0 aliphatic carbocycles. The van der Waals surface area contributed by atoms with Crippen molar-refractivity contribution in [2.24, 2.45) is 0 Å². The average Bonchev–Trinajstić information content (AvgIpc) is 2.27. The van der Waals surface area contributed by atoms with Gasteiger partial charge in [0.2, 0.25) is 6.79 Å². The molecule has 4 heteroatoms. The van der Waals surface area contributed by atoms with Gasteiger partial charge in [-0.1, -0.05) is 26.0 Å². The van der Waals surface area contributed by atoms with Gasteiger partial charge in [-0.2, -0.15) is 0 Å². The van der Waals surface area contributed by atoms with Crippen LogP contribution in [-0.2, 0) is 19.7 Å². The smallest absolute Gasteiger partial charge is 0.305 e. The molecular weight excluding hydrogens is 244 g/mol. The Morgan fingerprint density at radius 1 is 1.11 bits per heavy atom. The van der Waals surface area contributed by atoms with Gasteiger partial charge in [-0.3, -0.25) is 9.59 Å². The number of rotatable bonds is 6. The second-order valence-corrected chi connectivity index (χ2v) is 5.19. The van der Waals surface area contributed by atoms with Gasteiger partial charge < -0.3 is 9.47 Å². The first-order valence-corrected chi connectivity index (χ1v) is 6.17. The highest BCUT2D eigenvalue weighted by molar-refractivity contribution is 5.77. The Morgan fingerprint density at radius 3 is 2.16 bits per heavy atom. The van der Waals surface area contributed by atoms with Crippen molar-refractivity contribution in [3.05, 3.63) is 29.8 Å². The van der Waals surface area contributed by atoms with E-state index in [4.69, 9.17) is 9.47 Å². The Morgan fingerprint density at radius 2 is 1.68 bits per heavy atom. The second kappa shape index (κ2) is 6.36. The summed E-state index contributed by atoms with van der Waals surface area (Å²) in [5, 5.41) is 0. The van der Waals surface area contributed by atoms with Gasteiger partial charge in [0, 0.05) is 13.3 Å². The predicted molar refractivity (Wildman–Crippen MR) is 72.0 cm³/mol. The maximum absolute atomic E-state index is 11.2. The summed E-state index contributed by atoms with van der Waals surface area (Å²) in [6.07, 6.45) is 0.501. The molecule has 0 spiro atoms. The lowest BCUT2D eigenvalue weighted by Gasteiger charge is -2.24. The molecule has 0 fully saturated rings. The minimum atomic E-state index is -0.376. The van der Waals surface area contributed by atoms with E-state index in [-0.39, 0.29) is 24.0 Å². The zero-order valence-electron chi connectivity index (χ0n) is 11.9. The summed E-state index contributed by atoms with van der Waals surface area (Å²) in [6.45, 7) is 6.90. The first-order valence-electron chi connectivity index (χ1n) is 6.17. The number of ketones is 1. The average molecular weight is 264 g/mol. The quantitative estimate of drug-likeness (QED) is 0.585. The van der Waals surface area contributed by atoms with Crippen molar-refractivity contribution in [2.45, 2.75) is 39.5 Å². The van der Waals surface area contributed by atoms with E-state index in [1.165, 1.54) is 6.92 Å². The van der Waals surface area contributed by atoms with E-state index in [0.29, 0.717) is 12.2 Å². The molecule has 0 unspecified atom stereocenters. The maximum atomic E-state index is 11.2. The maximum Gasteiger partial charge on any atom is 0.305 e. The van der Waals surface area contributed by atoms with Crippen LogP contribution in [0.4, 0.5) is 0 Å². The summed E-state index contributed by atoms with van der Waals surface area (Å²) in [5.41, 5.74) is 0.878. The van der Waals surface area contributed by atoms with Crippen LogP contribution in [0.1, 0.15) is 39.7 Å². The minimum Gasteiger partial charge on any atom is -0.457 e. The molecule has 19 heavy (non-hydrogen) atoms. The lowest BCUT2D eigenvalue weighted by molar-refractivity contribution is -0.147. The molecule has 4 nitrogen and oxygen atoms in total. The van der Waals surface area contributed by atoms with Crippen molar-refractivity contribution in [2.75, 3.05) is 6.79 Å². The highest BCUT2D eigenvalue weighted by atomic mass is 16.7. The summed E-state index contributed by atoms with van der Waals surface area (Å²) < 4.78 is 9.95. The first-order chi connectivity index (χ1) is 8.81. The highest BCUT2D eigenvalue weighted by Crippen LogP contribution is 2.28. The van der Waals surface area contributed by atoms with Gasteiger partial charge in [0.05, 0.1) is 0 Å². The fraction of sp³-hybridized carbons (Fsp3) is 0.467. The van der Waals surface area contributed by atoms with Crippen LogP contribution in [0.2, 0.25) is 0 Å². The summed E-state index contributed by atoms with van der Waals surface area (Å²) in [5.74, 6) is 0.419.